The van der Waals surface area contributed by atoms with Crippen LogP contribution in [0.15, 0.2) is 67.1 Å². The number of rotatable bonds is 7. The number of methoxy groups -OCH3 is 2. The molecule has 9 heteroatoms. The molecule has 4 aromatic rings. The number of nitrogens with zero attached hydrogens (tertiary/aromatic N) is 3. The number of anilines is 1. The summed E-state index contributed by atoms with van der Waals surface area (Å²) >= 11 is 0. The predicted molar refractivity (Wildman–Crippen MR) is 116 cm³/mol. The molecule has 0 aliphatic heterocycles. The first-order valence-electron chi connectivity index (χ1n) is 9.81. The van der Waals surface area contributed by atoms with Crippen LogP contribution in [-0.2, 0) is 15.7 Å². The molecule has 6 nitrogen and oxygen atoms in total. The van der Waals surface area contributed by atoms with Crippen molar-refractivity contribution in [1.82, 2.24) is 14.5 Å². The average molecular weight is 442 g/mol. The first-order valence-corrected chi connectivity index (χ1v) is 9.81. The maximum atomic E-state index is 13.3. The second kappa shape index (κ2) is 8.97. The third kappa shape index (κ3) is 4.30. The molecule has 0 radical (unpaired) electrons. The van der Waals surface area contributed by atoms with E-state index in [4.69, 9.17) is 9.47 Å². The molecule has 0 amide bonds. The summed E-state index contributed by atoms with van der Waals surface area (Å²) in [4.78, 5) is 8.76. The second-order valence-corrected chi connectivity index (χ2v) is 7.03. The highest BCUT2D eigenvalue weighted by molar-refractivity contribution is 6.02. The largest absolute Gasteiger partial charge is 0.416 e. The van der Waals surface area contributed by atoms with E-state index in [9.17, 15) is 13.2 Å². The Labute approximate surface area is 182 Å². The lowest BCUT2D eigenvalue weighted by Gasteiger charge is -2.15. The van der Waals surface area contributed by atoms with Crippen molar-refractivity contribution in [3.8, 4) is 16.8 Å². The van der Waals surface area contributed by atoms with Gasteiger partial charge in [0, 0.05) is 31.7 Å². The van der Waals surface area contributed by atoms with Crippen LogP contribution < -0.4 is 5.32 Å². The lowest BCUT2D eigenvalue weighted by Crippen LogP contribution is -2.24. The number of hydrogen-bond acceptors (Lipinski definition) is 5. The number of halogens is 3. The summed E-state index contributed by atoms with van der Waals surface area (Å²) in [5.74, 6) is 0.527. The van der Waals surface area contributed by atoms with Crippen LogP contribution in [-0.4, -0.2) is 41.6 Å². The van der Waals surface area contributed by atoms with Crippen LogP contribution in [0.5, 0.6) is 0 Å². The Morgan fingerprint density at radius 3 is 2.44 bits per heavy atom. The van der Waals surface area contributed by atoms with E-state index in [0.717, 1.165) is 23.3 Å². The van der Waals surface area contributed by atoms with Crippen molar-refractivity contribution >= 4 is 16.9 Å². The fraction of sp³-hybridized carbons (Fsp3) is 0.217. The van der Waals surface area contributed by atoms with Gasteiger partial charge in [-0.3, -0.25) is 0 Å². The summed E-state index contributed by atoms with van der Waals surface area (Å²) in [5, 5.41) is 3.89. The Hall–Kier alpha value is -3.43. The third-order valence-corrected chi connectivity index (χ3v) is 5.08. The molecular formula is C23H21F3N4O2. The second-order valence-electron chi connectivity index (χ2n) is 7.03. The molecule has 166 valence electrons. The molecule has 2 aromatic carbocycles. The van der Waals surface area contributed by atoms with Gasteiger partial charge in [0.25, 0.3) is 0 Å². The van der Waals surface area contributed by atoms with E-state index < -0.39 is 18.0 Å². The van der Waals surface area contributed by atoms with Crippen LogP contribution in [0.25, 0.3) is 27.8 Å². The van der Waals surface area contributed by atoms with Crippen molar-refractivity contribution in [2.24, 2.45) is 0 Å². The first kappa shape index (κ1) is 21.8. The van der Waals surface area contributed by atoms with E-state index in [1.807, 2.05) is 30.3 Å². The van der Waals surface area contributed by atoms with Gasteiger partial charge in [0.1, 0.15) is 12.1 Å². The van der Waals surface area contributed by atoms with E-state index in [1.54, 1.807) is 16.8 Å². The normalized spacial score (nSPS) is 11.9. The highest BCUT2D eigenvalue weighted by Gasteiger charge is 2.30. The standard InChI is InChI=1S/C23H21F3N4O2/c1-31-19(32-2)12-27-21-20-18(15-7-4-3-5-8-15)13-30(22(20)29-14-28-21)17-10-6-9-16(11-17)23(24,25)26/h3-11,13-14,19H,12H2,1-2H3,(H,27,28,29). The van der Waals surface area contributed by atoms with Crippen molar-refractivity contribution < 1.29 is 22.6 Å². The summed E-state index contributed by atoms with van der Waals surface area (Å²) in [5.41, 5.74) is 1.77. The molecule has 0 fully saturated rings. The lowest BCUT2D eigenvalue weighted by molar-refractivity contribution is -0.137. The van der Waals surface area contributed by atoms with Crippen molar-refractivity contribution in [2.75, 3.05) is 26.1 Å². The van der Waals surface area contributed by atoms with Gasteiger partial charge in [-0.15, -0.1) is 0 Å². The van der Waals surface area contributed by atoms with Gasteiger partial charge in [-0.2, -0.15) is 13.2 Å². The van der Waals surface area contributed by atoms with Crippen molar-refractivity contribution in [2.45, 2.75) is 12.5 Å². The topological polar surface area (TPSA) is 61.2 Å². The maximum Gasteiger partial charge on any atom is 0.416 e. The molecule has 2 heterocycles. The summed E-state index contributed by atoms with van der Waals surface area (Å²) in [6.07, 6.45) is -1.79. The van der Waals surface area contributed by atoms with Crippen LogP contribution >= 0.6 is 0 Å². The van der Waals surface area contributed by atoms with Gasteiger partial charge in [-0.25, -0.2) is 9.97 Å². The molecule has 0 aliphatic carbocycles. The molecule has 0 saturated heterocycles. The molecule has 0 saturated carbocycles. The Morgan fingerprint density at radius 1 is 1.00 bits per heavy atom. The number of hydrogen-bond donors (Lipinski definition) is 1. The summed E-state index contributed by atoms with van der Waals surface area (Å²) in [6.45, 7) is 0.322. The van der Waals surface area contributed by atoms with Crippen molar-refractivity contribution in [3.05, 3.63) is 72.7 Å². The van der Waals surface area contributed by atoms with E-state index >= 15 is 0 Å². The van der Waals surface area contributed by atoms with E-state index in [-0.39, 0.29) is 0 Å². The molecule has 32 heavy (non-hydrogen) atoms. The molecule has 0 bridgehead atoms. The lowest BCUT2D eigenvalue weighted by atomic mass is 10.1. The first-order chi connectivity index (χ1) is 15.4. The van der Waals surface area contributed by atoms with Gasteiger partial charge >= 0.3 is 6.18 Å². The molecular weight excluding hydrogens is 421 g/mol. The zero-order valence-corrected chi connectivity index (χ0v) is 17.4. The van der Waals surface area contributed by atoms with E-state index in [2.05, 4.69) is 15.3 Å². The Kier molecular flexibility index (Phi) is 6.11. The van der Waals surface area contributed by atoms with Gasteiger partial charge in [0.2, 0.25) is 0 Å². The quantitative estimate of drug-likeness (QED) is 0.402. The summed E-state index contributed by atoms with van der Waals surface area (Å²) in [6, 6.07) is 14.7. The fourth-order valence-corrected chi connectivity index (χ4v) is 3.50. The number of ether oxygens (including phenoxy) is 2. The molecule has 0 atom stereocenters. The van der Waals surface area contributed by atoms with E-state index in [1.165, 1.54) is 26.6 Å². The van der Waals surface area contributed by atoms with Gasteiger partial charge in [0.15, 0.2) is 11.9 Å². The zero-order chi connectivity index (χ0) is 22.7. The zero-order valence-electron chi connectivity index (χ0n) is 17.4. The molecule has 2 aromatic heterocycles. The minimum atomic E-state index is -4.45. The number of fused-ring (bicyclic) bond motifs is 1. The smallest absolute Gasteiger partial charge is 0.364 e. The molecule has 0 spiro atoms. The van der Waals surface area contributed by atoms with Crippen LogP contribution in [0.4, 0.5) is 19.0 Å². The summed E-state index contributed by atoms with van der Waals surface area (Å²) in [7, 11) is 3.07. The van der Waals surface area contributed by atoms with Crippen LogP contribution in [0.3, 0.4) is 0 Å². The number of alkyl halides is 3. The van der Waals surface area contributed by atoms with Gasteiger partial charge in [0.05, 0.1) is 17.5 Å². The Morgan fingerprint density at radius 2 is 1.75 bits per heavy atom. The Bertz CT molecular complexity index is 1210. The average Bonchev–Trinajstić information content (AvgIpc) is 3.20. The molecule has 1 N–H and O–H groups in total. The van der Waals surface area contributed by atoms with E-state index in [0.29, 0.717) is 29.1 Å². The maximum absolute atomic E-state index is 13.3. The van der Waals surface area contributed by atoms with Gasteiger partial charge in [-0.1, -0.05) is 36.4 Å². The number of aromatic nitrogens is 3. The molecule has 0 unspecified atom stereocenters. The third-order valence-electron chi connectivity index (χ3n) is 5.08. The highest BCUT2D eigenvalue weighted by atomic mass is 19.4. The predicted octanol–water partition coefficient (Wildman–Crippen LogP) is 5.14. The fourth-order valence-electron chi connectivity index (χ4n) is 3.50. The molecule has 0 aliphatic rings. The number of benzene rings is 2. The van der Waals surface area contributed by atoms with Crippen molar-refractivity contribution in [1.29, 1.82) is 0 Å². The minimum Gasteiger partial charge on any atom is -0.364 e. The minimum absolute atomic E-state index is 0.322. The number of nitrogens with one attached hydrogen (secondary N) is 1. The van der Waals surface area contributed by atoms with Crippen molar-refractivity contribution in [3.63, 3.8) is 0 Å². The van der Waals surface area contributed by atoms with Gasteiger partial charge < -0.3 is 19.4 Å². The van der Waals surface area contributed by atoms with Crippen LogP contribution in [0, 0.1) is 0 Å². The Balaban J connectivity index is 1.90. The molecule has 4 rings (SSSR count). The summed E-state index contributed by atoms with van der Waals surface area (Å²) < 4.78 is 52.0. The van der Waals surface area contributed by atoms with Crippen LogP contribution in [0.2, 0.25) is 0 Å². The van der Waals surface area contributed by atoms with Gasteiger partial charge in [-0.05, 0) is 23.8 Å². The SMILES string of the molecule is COC(CNc1ncnc2c1c(-c1ccccc1)cn2-c1cccc(C(F)(F)F)c1)OC. The monoisotopic (exact) mass is 442 g/mol. The van der Waals surface area contributed by atoms with Crippen LogP contribution in [0.1, 0.15) is 5.56 Å². The highest BCUT2D eigenvalue weighted by Crippen LogP contribution is 2.36.